The molecule has 180 valence electrons. The van der Waals surface area contributed by atoms with E-state index in [0.717, 1.165) is 16.0 Å². The van der Waals surface area contributed by atoms with Crippen molar-refractivity contribution in [3.05, 3.63) is 71.1 Å². The predicted octanol–water partition coefficient (Wildman–Crippen LogP) is 2.54. The van der Waals surface area contributed by atoms with Gasteiger partial charge in [0.05, 0.1) is 28.2 Å². The van der Waals surface area contributed by atoms with Crippen molar-refractivity contribution >= 4 is 11.8 Å². The first-order valence-corrected chi connectivity index (χ1v) is 12.1. The lowest BCUT2D eigenvalue weighted by Crippen LogP contribution is -2.78. The normalized spacial score (nSPS) is 34.5. The number of imide groups is 1. The summed E-state index contributed by atoms with van der Waals surface area (Å²) in [6, 6.07) is 6.66. The molecule has 2 amide bonds. The van der Waals surface area contributed by atoms with Crippen LogP contribution in [-0.4, -0.2) is 68.7 Å². The highest BCUT2D eigenvalue weighted by atomic mass is 19.1. The van der Waals surface area contributed by atoms with Crippen molar-refractivity contribution in [3.63, 3.8) is 0 Å². The minimum absolute atomic E-state index is 0.0194. The molecule has 2 aromatic carbocycles. The highest BCUT2D eigenvalue weighted by Crippen LogP contribution is 2.66. The molecule has 2 aromatic rings. The van der Waals surface area contributed by atoms with Crippen LogP contribution in [0, 0.1) is 5.82 Å². The Morgan fingerprint density at radius 1 is 1.20 bits per heavy atom. The fourth-order valence-electron chi connectivity index (χ4n) is 7.82. The second kappa shape index (κ2) is 6.71. The summed E-state index contributed by atoms with van der Waals surface area (Å²) in [5.74, 6) is -1.63. The average molecular weight is 477 g/mol. The molecule has 3 aliphatic heterocycles. The summed E-state index contributed by atoms with van der Waals surface area (Å²) in [7, 11) is 0. The third-order valence-electron chi connectivity index (χ3n) is 9.13. The smallest absolute Gasteiger partial charge is 0.264 e. The molecule has 8 heteroatoms. The van der Waals surface area contributed by atoms with Crippen LogP contribution in [-0.2, 0) is 11.8 Å². The molecule has 2 N–H and O–H groups in total. The Kier molecular flexibility index (Phi) is 4.04. The Morgan fingerprint density at radius 3 is 2.80 bits per heavy atom. The van der Waals surface area contributed by atoms with Gasteiger partial charge in [-0.2, -0.15) is 0 Å². The molecule has 2 aliphatic carbocycles. The molecule has 1 saturated heterocycles. The van der Waals surface area contributed by atoms with Crippen LogP contribution in [0.2, 0.25) is 0 Å². The number of halogens is 1. The average Bonchev–Trinajstić information content (AvgIpc) is 3.31. The van der Waals surface area contributed by atoms with E-state index in [9.17, 15) is 24.2 Å². The number of likely N-dealkylation sites (tertiary alicyclic amines) is 1. The van der Waals surface area contributed by atoms with E-state index in [4.69, 9.17) is 4.74 Å². The van der Waals surface area contributed by atoms with E-state index in [1.54, 1.807) is 6.07 Å². The number of aromatic hydroxyl groups is 1. The zero-order valence-electron chi connectivity index (χ0n) is 19.0. The molecular weight excluding hydrogens is 451 g/mol. The number of aliphatic hydroxyl groups is 1. The number of amides is 2. The van der Waals surface area contributed by atoms with Gasteiger partial charge in [0.25, 0.3) is 11.8 Å². The van der Waals surface area contributed by atoms with E-state index >= 15 is 0 Å². The van der Waals surface area contributed by atoms with E-state index in [0.29, 0.717) is 44.5 Å². The van der Waals surface area contributed by atoms with Crippen molar-refractivity contribution in [3.8, 4) is 11.5 Å². The lowest BCUT2D eigenvalue weighted by atomic mass is 9.48. The molecule has 7 rings (SSSR count). The molecule has 0 radical (unpaired) electrons. The third kappa shape index (κ3) is 2.28. The molecule has 2 unspecified atom stereocenters. The van der Waals surface area contributed by atoms with E-state index < -0.39 is 40.8 Å². The number of fused-ring (bicyclic) bond motifs is 1. The zero-order valence-corrected chi connectivity index (χ0v) is 19.0. The van der Waals surface area contributed by atoms with Crippen LogP contribution >= 0.6 is 0 Å². The van der Waals surface area contributed by atoms with Crippen molar-refractivity contribution in [2.24, 2.45) is 0 Å². The molecule has 1 saturated carbocycles. The van der Waals surface area contributed by atoms with E-state index in [1.165, 1.54) is 18.2 Å². The lowest BCUT2D eigenvalue weighted by molar-refractivity contribution is -0.194. The van der Waals surface area contributed by atoms with Gasteiger partial charge in [0, 0.05) is 18.2 Å². The first-order valence-electron chi connectivity index (χ1n) is 12.1. The first kappa shape index (κ1) is 21.1. The minimum Gasteiger partial charge on any atom is -0.504 e. The number of carbonyl (C=O) groups excluding carboxylic acids is 2. The van der Waals surface area contributed by atoms with Gasteiger partial charge >= 0.3 is 0 Å². The van der Waals surface area contributed by atoms with Crippen LogP contribution < -0.4 is 4.74 Å². The molecule has 7 nitrogen and oxygen atoms in total. The van der Waals surface area contributed by atoms with E-state index in [1.807, 2.05) is 12.1 Å². The van der Waals surface area contributed by atoms with Gasteiger partial charge in [0.2, 0.25) is 0 Å². The van der Waals surface area contributed by atoms with Crippen LogP contribution in [0.25, 0.3) is 0 Å². The number of hydrogen-bond donors (Lipinski definition) is 2. The monoisotopic (exact) mass is 476 g/mol. The molecule has 3 heterocycles. The van der Waals surface area contributed by atoms with Crippen molar-refractivity contribution in [2.75, 3.05) is 13.1 Å². The van der Waals surface area contributed by atoms with Gasteiger partial charge in [-0.3, -0.25) is 19.4 Å². The standard InChI is InChI=1S/C27H25FN2O5/c1-2-11-29-12-10-26-21-14-6-7-18(31)22(21)35-23(26)17(8-9-27(26,34)19(29)13-14)30-24(32)15-4-3-5-16(28)20(15)25(30)33/h2-7,17,19,23,31,34H,1,8-13H2/t17?,19-,23?,26+,27-/m1/s1. The quantitative estimate of drug-likeness (QED) is 0.523. The highest BCUT2D eigenvalue weighted by Gasteiger charge is 2.74. The Bertz CT molecular complexity index is 1340. The van der Waals surface area contributed by atoms with Crippen LogP contribution in [0.3, 0.4) is 0 Å². The summed E-state index contributed by atoms with van der Waals surface area (Å²) in [5.41, 5.74) is -0.434. The van der Waals surface area contributed by atoms with Gasteiger partial charge in [-0.05, 0) is 56.0 Å². The summed E-state index contributed by atoms with van der Waals surface area (Å²) in [6.07, 6.45) is 2.89. The molecule has 35 heavy (non-hydrogen) atoms. The number of nitrogens with zero attached hydrogens (tertiary/aromatic N) is 2. The lowest BCUT2D eigenvalue weighted by Gasteiger charge is -2.64. The second-order valence-electron chi connectivity index (χ2n) is 10.4. The number of rotatable bonds is 3. The van der Waals surface area contributed by atoms with Crippen LogP contribution in [0.1, 0.15) is 51.1 Å². The number of carbonyl (C=O) groups is 2. The predicted molar refractivity (Wildman–Crippen MR) is 123 cm³/mol. The molecule has 5 atom stereocenters. The molecule has 2 fully saturated rings. The van der Waals surface area contributed by atoms with E-state index in [-0.39, 0.29) is 22.9 Å². The van der Waals surface area contributed by atoms with Gasteiger partial charge in [-0.1, -0.05) is 18.2 Å². The number of benzene rings is 2. The summed E-state index contributed by atoms with van der Waals surface area (Å²) in [5, 5.41) is 23.2. The van der Waals surface area contributed by atoms with Gasteiger partial charge in [0.1, 0.15) is 11.9 Å². The van der Waals surface area contributed by atoms with Crippen molar-refractivity contribution in [1.82, 2.24) is 9.80 Å². The minimum atomic E-state index is -1.18. The van der Waals surface area contributed by atoms with Crippen molar-refractivity contribution in [2.45, 2.75) is 54.9 Å². The van der Waals surface area contributed by atoms with Crippen LogP contribution in [0.4, 0.5) is 4.39 Å². The maximum Gasteiger partial charge on any atom is 0.264 e. The molecule has 2 bridgehead atoms. The number of piperidine rings is 1. The Balaban J connectivity index is 1.40. The summed E-state index contributed by atoms with van der Waals surface area (Å²) in [4.78, 5) is 30.1. The number of hydrogen-bond acceptors (Lipinski definition) is 6. The molecule has 0 aromatic heterocycles. The third-order valence-corrected chi connectivity index (χ3v) is 9.13. The fraction of sp³-hybridized carbons (Fsp3) is 0.407. The van der Waals surface area contributed by atoms with Gasteiger partial charge < -0.3 is 14.9 Å². The van der Waals surface area contributed by atoms with Gasteiger partial charge in [0.15, 0.2) is 11.5 Å². The maximum atomic E-state index is 14.6. The SMILES string of the molecule is C=CCN1CC[C@]23c4c5ccc(O)c4OC2C(N2C(=O)c4cccc(F)c4C2=O)CC[C@@]3(O)[C@H]1C5. The highest BCUT2D eigenvalue weighted by molar-refractivity contribution is 6.21. The van der Waals surface area contributed by atoms with Crippen LogP contribution in [0.5, 0.6) is 11.5 Å². The number of phenols is 1. The van der Waals surface area contributed by atoms with E-state index in [2.05, 4.69) is 11.5 Å². The summed E-state index contributed by atoms with van der Waals surface area (Å²) >= 11 is 0. The van der Waals surface area contributed by atoms with Crippen molar-refractivity contribution in [1.29, 1.82) is 0 Å². The second-order valence-corrected chi connectivity index (χ2v) is 10.4. The maximum absolute atomic E-state index is 14.6. The summed E-state index contributed by atoms with van der Waals surface area (Å²) < 4.78 is 21.0. The largest absolute Gasteiger partial charge is 0.504 e. The first-order chi connectivity index (χ1) is 16.8. The molecule has 5 aliphatic rings. The Morgan fingerprint density at radius 2 is 2.03 bits per heavy atom. The Hall–Kier alpha value is -3.23. The molecular formula is C27H25FN2O5. The van der Waals surface area contributed by atoms with Gasteiger partial charge in [-0.15, -0.1) is 6.58 Å². The topological polar surface area (TPSA) is 90.3 Å². The Labute approximate surface area is 201 Å². The number of phenolic OH excluding ortho intramolecular Hbond substituents is 1. The fourth-order valence-corrected chi connectivity index (χ4v) is 7.82. The summed E-state index contributed by atoms with van der Waals surface area (Å²) in [6.45, 7) is 5.19. The zero-order chi connectivity index (χ0) is 24.3. The van der Waals surface area contributed by atoms with Gasteiger partial charge in [-0.25, -0.2) is 4.39 Å². The van der Waals surface area contributed by atoms with Crippen molar-refractivity contribution < 1.29 is 28.9 Å². The number of ether oxygens (including phenoxy) is 1. The molecule has 1 spiro atoms. The van der Waals surface area contributed by atoms with Crippen LogP contribution in [0.15, 0.2) is 43.0 Å².